The molecule has 2 heterocycles. The number of fused-ring (bicyclic) bond motifs is 1. The summed E-state index contributed by atoms with van der Waals surface area (Å²) in [6.07, 6.45) is 3.16. The average Bonchev–Trinajstić information content (AvgIpc) is 3.65. The number of carbonyl (C=O) groups is 3. The summed E-state index contributed by atoms with van der Waals surface area (Å²) < 4.78 is 11.8. The first-order valence-electron chi connectivity index (χ1n) is 11.9. The van der Waals surface area contributed by atoms with E-state index < -0.39 is 0 Å². The first kappa shape index (κ1) is 24.0. The Bertz CT molecular complexity index is 1400. The van der Waals surface area contributed by atoms with Crippen molar-refractivity contribution >= 4 is 23.4 Å². The Morgan fingerprint density at radius 2 is 1.70 bits per heavy atom. The van der Waals surface area contributed by atoms with E-state index in [2.05, 4.69) is 20.9 Å². The number of hydrogen-bond donors (Lipinski definition) is 3. The van der Waals surface area contributed by atoms with Crippen LogP contribution in [0.4, 0.5) is 5.69 Å². The van der Waals surface area contributed by atoms with Crippen LogP contribution in [0.1, 0.15) is 23.2 Å². The van der Waals surface area contributed by atoms with Crippen molar-refractivity contribution in [1.82, 2.24) is 20.2 Å². The lowest BCUT2D eigenvalue weighted by molar-refractivity contribution is -0.121. The van der Waals surface area contributed by atoms with Crippen LogP contribution in [0.5, 0.6) is 11.5 Å². The molecular formula is C26H25N5O6. The highest BCUT2D eigenvalue weighted by Gasteiger charge is 2.29. The Kier molecular flexibility index (Phi) is 6.84. The maximum atomic E-state index is 12.5. The number of anilines is 1. The van der Waals surface area contributed by atoms with E-state index in [0.717, 1.165) is 12.8 Å². The molecule has 11 nitrogen and oxygen atoms in total. The number of rotatable bonds is 9. The minimum atomic E-state index is -0.385. The minimum absolute atomic E-state index is 0.00614. The van der Waals surface area contributed by atoms with Gasteiger partial charge in [-0.25, -0.2) is 4.98 Å². The van der Waals surface area contributed by atoms with Crippen molar-refractivity contribution in [3.63, 3.8) is 0 Å². The Hall–Kier alpha value is -4.67. The Morgan fingerprint density at radius 3 is 2.46 bits per heavy atom. The largest absolute Gasteiger partial charge is 0.454 e. The maximum absolute atomic E-state index is 12.5. The zero-order valence-corrected chi connectivity index (χ0v) is 19.9. The molecule has 1 aromatic heterocycles. The summed E-state index contributed by atoms with van der Waals surface area (Å²) in [5.41, 5.74) is 1.88. The van der Waals surface area contributed by atoms with E-state index in [9.17, 15) is 19.2 Å². The summed E-state index contributed by atoms with van der Waals surface area (Å²) in [6, 6.07) is 13.3. The number of carbonyl (C=O) groups excluding carboxylic acids is 3. The van der Waals surface area contributed by atoms with Crippen molar-refractivity contribution in [3.8, 4) is 22.8 Å². The number of nitrogens with one attached hydrogen (secondary N) is 3. The van der Waals surface area contributed by atoms with Crippen LogP contribution in [0.3, 0.4) is 0 Å². The summed E-state index contributed by atoms with van der Waals surface area (Å²) in [6.45, 7) is 0.356. The van der Waals surface area contributed by atoms with Gasteiger partial charge in [0.2, 0.25) is 18.6 Å². The van der Waals surface area contributed by atoms with Crippen molar-refractivity contribution in [2.75, 3.05) is 25.2 Å². The highest BCUT2D eigenvalue weighted by Crippen LogP contribution is 2.35. The van der Waals surface area contributed by atoms with Gasteiger partial charge in [-0.15, -0.1) is 0 Å². The molecular weight excluding hydrogens is 478 g/mol. The van der Waals surface area contributed by atoms with E-state index in [1.807, 2.05) is 0 Å². The van der Waals surface area contributed by atoms with Crippen molar-refractivity contribution in [2.24, 2.45) is 5.92 Å². The van der Waals surface area contributed by atoms with E-state index in [1.165, 1.54) is 17.0 Å². The SMILES string of the molecule is O=C(Cn1cnc(-c2ccc3c(c2)OCO3)cc1=O)NCCNC(=O)c1ccc(NC(=O)C2CC2)cc1. The second kappa shape index (κ2) is 10.5. The lowest BCUT2D eigenvalue weighted by Crippen LogP contribution is -2.37. The molecule has 1 aliphatic carbocycles. The molecule has 3 aromatic rings. The summed E-state index contributed by atoms with van der Waals surface area (Å²) in [4.78, 5) is 53.1. The van der Waals surface area contributed by atoms with Crippen molar-refractivity contribution < 1.29 is 23.9 Å². The highest BCUT2D eigenvalue weighted by molar-refractivity contribution is 5.96. The van der Waals surface area contributed by atoms with E-state index >= 15 is 0 Å². The highest BCUT2D eigenvalue weighted by atomic mass is 16.7. The first-order valence-corrected chi connectivity index (χ1v) is 11.9. The molecule has 1 aliphatic heterocycles. The van der Waals surface area contributed by atoms with Crippen LogP contribution in [-0.2, 0) is 16.1 Å². The monoisotopic (exact) mass is 503 g/mol. The number of aromatic nitrogens is 2. The topological polar surface area (TPSA) is 141 Å². The van der Waals surface area contributed by atoms with Crippen molar-refractivity contribution in [1.29, 1.82) is 0 Å². The molecule has 2 aromatic carbocycles. The van der Waals surface area contributed by atoms with Gasteiger partial charge in [-0.1, -0.05) is 0 Å². The van der Waals surface area contributed by atoms with Crippen LogP contribution < -0.4 is 31.0 Å². The van der Waals surface area contributed by atoms with E-state index in [1.54, 1.807) is 42.5 Å². The van der Waals surface area contributed by atoms with Crippen LogP contribution in [0, 0.1) is 5.92 Å². The number of amides is 3. The third-order valence-corrected chi connectivity index (χ3v) is 5.96. The molecule has 0 radical (unpaired) electrons. The van der Waals surface area contributed by atoms with E-state index in [4.69, 9.17) is 9.47 Å². The first-order chi connectivity index (χ1) is 18.0. The normalized spacial score (nSPS) is 13.6. The van der Waals surface area contributed by atoms with Crippen LogP contribution in [0.25, 0.3) is 11.3 Å². The third-order valence-electron chi connectivity index (χ3n) is 5.96. The van der Waals surface area contributed by atoms with Crippen LogP contribution in [0.15, 0.2) is 59.7 Å². The van der Waals surface area contributed by atoms with Crippen LogP contribution in [-0.4, -0.2) is 47.2 Å². The lowest BCUT2D eigenvalue weighted by Gasteiger charge is -2.10. The van der Waals surface area contributed by atoms with Gasteiger partial charge in [0.15, 0.2) is 11.5 Å². The third kappa shape index (κ3) is 5.95. The zero-order chi connectivity index (χ0) is 25.8. The second-order valence-corrected chi connectivity index (χ2v) is 8.76. The number of hydrogen-bond acceptors (Lipinski definition) is 7. The minimum Gasteiger partial charge on any atom is -0.454 e. The van der Waals surface area contributed by atoms with Crippen LogP contribution >= 0.6 is 0 Å². The van der Waals surface area contributed by atoms with Gasteiger partial charge >= 0.3 is 0 Å². The van der Waals surface area contributed by atoms with Gasteiger partial charge in [-0.3, -0.25) is 23.7 Å². The van der Waals surface area contributed by atoms with Gasteiger partial charge in [-0.05, 0) is 55.3 Å². The Morgan fingerprint density at radius 1 is 0.946 bits per heavy atom. The molecule has 1 fully saturated rings. The zero-order valence-electron chi connectivity index (χ0n) is 19.9. The second-order valence-electron chi connectivity index (χ2n) is 8.76. The van der Waals surface area contributed by atoms with Gasteiger partial charge in [0.1, 0.15) is 6.54 Å². The van der Waals surface area contributed by atoms with E-state index in [-0.39, 0.29) is 55.6 Å². The molecule has 5 rings (SSSR count). The molecule has 3 N–H and O–H groups in total. The smallest absolute Gasteiger partial charge is 0.254 e. The fraction of sp³-hybridized carbons (Fsp3) is 0.269. The fourth-order valence-electron chi connectivity index (χ4n) is 3.74. The molecule has 0 unspecified atom stereocenters. The predicted octanol–water partition coefficient (Wildman–Crippen LogP) is 1.53. The fourth-order valence-corrected chi connectivity index (χ4v) is 3.74. The quantitative estimate of drug-likeness (QED) is 0.376. The molecule has 0 atom stereocenters. The lowest BCUT2D eigenvalue weighted by atomic mass is 10.1. The standard InChI is InChI=1S/C26H25N5O6/c32-23(13-31-14-29-20(12-24(31)33)18-5-8-21-22(11-18)37-15-36-21)27-9-10-28-25(34)16-3-6-19(7-4-16)30-26(35)17-1-2-17/h3-8,11-12,14,17H,1-2,9-10,13,15H2,(H,27,32)(H,28,34)(H,30,35). The van der Waals surface area contributed by atoms with Crippen LogP contribution in [0.2, 0.25) is 0 Å². The van der Waals surface area contributed by atoms with Crippen molar-refractivity contribution in [2.45, 2.75) is 19.4 Å². The molecule has 3 amide bonds. The summed E-state index contributed by atoms with van der Waals surface area (Å²) in [7, 11) is 0. The number of benzene rings is 2. The van der Waals surface area contributed by atoms with Gasteiger partial charge < -0.3 is 25.4 Å². The summed E-state index contributed by atoms with van der Waals surface area (Å²) >= 11 is 0. The van der Waals surface area contributed by atoms with Gasteiger partial charge in [0.05, 0.1) is 12.0 Å². The van der Waals surface area contributed by atoms with E-state index in [0.29, 0.717) is 34.0 Å². The summed E-state index contributed by atoms with van der Waals surface area (Å²) in [5.74, 6) is 0.653. The maximum Gasteiger partial charge on any atom is 0.254 e. The van der Waals surface area contributed by atoms with Gasteiger partial charge in [0, 0.05) is 41.9 Å². The van der Waals surface area contributed by atoms with Gasteiger partial charge in [0.25, 0.3) is 11.5 Å². The number of ether oxygens (including phenoxy) is 2. The molecule has 37 heavy (non-hydrogen) atoms. The molecule has 190 valence electrons. The Balaban J connectivity index is 1.06. The Labute approximate surface area is 211 Å². The molecule has 11 heteroatoms. The number of nitrogens with zero attached hydrogens (tertiary/aromatic N) is 2. The predicted molar refractivity (Wildman–Crippen MR) is 133 cm³/mol. The molecule has 0 saturated heterocycles. The average molecular weight is 504 g/mol. The molecule has 0 spiro atoms. The van der Waals surface area contributed by atoms with Gasteiger partial charge in [-0.2, -0.15) is 0 Å². The summed E-state index contributed by atoms with van der Waals surface area (Å²) in [5, 5.41) is 8.21. The van der Waals surface area contributed by atoms with Crippen molar-refractivity contribution in [3.05, 3.63) is 70.8 Å². The molecule has 2 aliphatic rings. The molecule has 1 saturated carbocycles. The molecule has 0 bridgehead atoms.